The first-order chi connectivity index (χ1) is 17.5. The summed E-state index contributed by atoms with van der Waals surface area (Å²) in [7, 11) is 0. The molecule has 0 saturated carbocycles. The van der Waals surface area contributed by atoms with Gasteiger partial charge in [0.2, 0.25) is 5.91 Å². The highest BCUT2D eigenvalue weighted by molar-refractivity contribution is 5.98. The molecule has 0 atom stereocenters. The Bertz CT molecular complexity index is 1460. The number of rotatable bonds is 6. The number of carbonyl (C=O) groups is 1. The lowest BCUT2D eigenvalue weighted by atomic mass is 10.1. The number of halogens is 2. The molecular formula is C24H21F2N9O. The molecule has 0 unspecified atom stereocenters. The standard InChI is InChI=1S/C24H21F2N9O/c1-2-22(36)31-19-3-4-21(28-13-19)33-7-5-32(6-8-33)20-9-16(18-12-30-35(15-18)24(25)26)14-34-23(20)17(10-27)11-29-34/h2-4,9,11-15,24H,1,5-8H2,(H,31,36). The number of nitriles is 1. The van der Waals surface area contributed by atoms with E-state index in [2.05, 4.69) is 42.9 Å². The Hall–Kier alpha value is -4.79. The normalized spacial score (nSPS) is 13.7. The molecule has 1 saturated heterocycles. The smallest absolute Gasteiger partial charge is 0.333 e. The first kappa shape index (κ1) is 23.0. The summed E-state index contributed by atoms with van der Waals surface area (Å²) >= 11 is 0. The molecule has 0 aromatic carbocycles. The molecule has 0 spiro atoms. The zero-order valence-corrected chi connectivity index (χ0v) is 19.1. The number of aromatic nitrogens is 5. The van der Waals surface area contributed by atoms with Crippen LogP contribution in [-0.2, 0) is 4.79 Å². The van der Waals surface area contributed by atoms with Crippen LogP contribution in [0.15, 0.2) is 61.8 Å². The number of amides is 1. The van der Waals surface area contributed by atoms with Crippen LogP contribution in [0.3, 0.4) is 0 Å². The minimum atomic E-state index is -2.73. The molecule has 5 rings (SSSR count). The van der Waals surface area contributed by atoms with Gasteiger partial charge in [0.1, 0.15) is 17.4 Å². The van der Waals surface area contributed by atoms with Crippen molar-refractivity contribution in [1.82, 2.24) is 24.4 Å². The quantitative estimate of drug-likeness (QED) is 0.414. The average molecular weight is 489 g/mol. The summed E-state index contributed by atoms with van der Waals surface area (Å²) in [6.45, 7) is 3.32. The molecule has 0 radical (unpaired) electrons. The third-order valence-electron chi connectivity index (χ3n) is 5.99. The molecule has 0 bridgehead atoms. The molecule has 0 aliphatic carbocycles. The van der Waals surface area contributed by atoms with Crippen molar-refractivity contribution in [2.45, 2.75) is 6.55 Å². The van der Waals surface area contributed by atoms with Crippen molar-refractivity contribution >= 4 is 28.6 Å². The largest absolute Gasteiger partial charge is 0.366 e. The van der Waals surface area contributed by atoms with Gasteiger partial charge in [0.15, 0.2) is 0 Å². The van der Waals surface area contributed by atoms with E-state index < -0.39 is 6.55 Å². The Kier molecular flexibility index (Phi) is 6.03. The Morgan fingerprint density at radius 3 is 2.50 bits per heavy atom. The Morgan fingerprint density at radius 2 is 1.86 bits per heavy atom. The number of pyridine rings is 2. The van der Waals surface area contributed by atoms with Gasteiger partial charge in [0.05, 0.1) is 35.5 Å². The second kappa shape index (κ2) is 9.46. The predicted octanol–water partition coefficient (Wildman–Crippen LogP) is 3.31. The summed E-state index contributed by atoms with van der Waals surface area (Å²) in [5, 5.41) is 20.3. The summed E-state index contributed by atoms with van der Waals surface area (Å²) in [5.41, 5.74) is 3.66. The van der Waals surface area contributed by atoms with Crippen molar-refractivity contribution in [1.29, 1.82) is 5.26 Å². The highest BCUT2D eigenvalue weighted by Crippen LogP contribution is 2.32. The van der Waals surface area contributed by atoms with Crippen LogP contribution < -0.4 is 15.1 Å². The molecular weight excluding hydrogens is 468 g/mol. The molecule has 1 N–H and O–H groups in total. The van der Waals surface area contributed by atoms with E-state index in [1.54, 1.807) is 23.0 Å². The number of hydrogen-bond acceptors (Lipinski definition) is 7. The predicted molar refractivity (Wildman–Crippen MR) is 130 cm³/mol. The summed E-state index contributed by atoms with van der Waals surface area (Å²) < 4.78 is 28.3. The molecule has 36 heavy (non-hydrogen) atoms. The van der Waals surface area contributed by atoms with E-state index in [4.69, 9.17) is 0 Å². The summed E-state index contributed by atoms with van der Waals surface area (Å²) in [6, 6.07) is 7.70. The molecule has 182 valence electrons. The van der Waals surface area contributed by atoms with Crippen molar-refractivity contribution < 1.29 is 13.6 Å². The van der Waals surface area contributed by atoms with Gasteiger partial charge in [-0.05, 0) is 24.3 Å². The Morgan fingerprint density at radius 1 is 1.08 bits per heavy atom. The van der Waals surface area contributed by atoms with Gasteiger partial charge in [-0.3, -0.25) is 4.79 Å². The van der Waals surface area contributed by atoms with Gasteiger partial charge < -0.3 is 15.1 Å². The minimum absolute atomic E-state index is 0.301. The SMILES string of the molecule is C=CC(=O)Nc1ccc(N2CCN(c3cc(-c4cnn(C(F)F)c4)cn4ncc(C#N)c34)CC2)nc1. The van der Waals surface area contributed by atoms with Crippen molar-refractivity contribution in [3.63, 3.8) is 0 Å². The number of fused-ring (bicyclic) bond motifs is 1. The number of piperazine rings is 1. The first-order valence-corrected chi connectivity index (χ1v) is 11.1. The topological polar surface area (TPSA) is 107 Å². The van der Waals surface area contributed by atoms with Gasteiger partial charge in [-0.25, -0.2) is 14.2 Å². The molecule has 1 fully saturated rings. The third-order valence-corrected chi connectivity index (χ3v) is 5.99. The van der Waals surface area contributed by atoms with E-state index in [1.165, 1.54) is 24.7 Å². The number of carbonyl (C=O) groups excluding carboxylic acids is 1. The van der Waals surface area contributed by atoms with Gasteiger partial charge >= 0.3 is 6.55 Å². The van der Waals surface area contributed by atoms with E-state index >= 15 is 0 Å². The van der Waals surface area contributed by atoms with Crippen LogP contribution in [0, 0.1) is 11.3 Å². The summed E-state index contributed by atoms with van der Waals surface area (Å²) in [6.07, 6.45) is 8.67. The van der Waals surface area contributed by atoms with Crippen molar-refractivity contribution in [2.75, 3.05) is 41.3 Å². The zero-order valence-electron chi connectivity index (χ0n) is 19.1. The number of nitrogens with zero attached hydrogens (tertiary/aromatic N) is 8. The van der Waals surface area contributed by atoms with Gasteiger partial charge in [-0.2, -0.15) is 24.2 Å². The van der Waals surface area contributed by atoms with Crippen molar-refractivity contribution in [3.8, 4) is 17.2 Å². The van der Waals surface area contributed by atoms with E-state index in [9.17, 15) is 18.8 Å². The third kappa shape index (κ3) is 4.34. The second-order valence-electron chi connectivity index (χ2n) is 8.14. The zero-order chi connectivity index (χ0) is 25.2. The number of alkyl halides is 2. The first-order valence-electron chi connectivity index (χ1n) is 11.1. The number of anilines is 3. The monoisotopic (exact) mass is 489 g/mol. The second-order valence-corrected chi connectivity index (χ2v) is 8.14. The van der Waals surface area contributed by atoms with Crippen molar-refractivity contribution in [2.24, 2.45) is 0 Å². The Balaban J connectivity index is 1.39. The van der Waals surface area contributed by atoms with Gasteiger partial charge in [-0.1, -0.05) is 6.58 Å². The molecule has 1 aliphatic heterocycles. The van der Waals surface area contributed by atoms with Crippen LogP contribution in [-0.4, -0.2) is 56.5 Å². The van der Waals surface area contributed by atoms with E-state index in [-0.39, 0.29) is 5.91 Å². The molecule has 1 amide bonds. The highest BCUT2D eigenvalue weighted by atomic mass is 19.3. The van der Waals surface area contributed by atoms with E-state index in [0.29, 0.717) is 58.8 Å². The molecule has 10 nitrogen and oxygen atoms in total. The van der Waals surface area contributed by atoms with Crippen LogP contribution >= 0.6 is 0 Å². The maximum atomic E-state index is 13.0. The number of nitrogens with one attached hydrogen (secondary N) is 1. The maximum absolute atomic E-state index is 13.0. The van der Waals surface area contributed by atoms with E-state index in [1.807, 2.05) is 12.1 Å². The van der Waals surface area contributed by atoms with Crippen LogP contribution in [0.2, 0.25) is 0 Å². The Labute approximate surface area is 204 Å². The van der Waals surface area contributed by atoms with Gasteiger partial charge in [0.25, 0.3) is 0 Å². The molecule has 1 aliphatic rings. The lowest BCUT2D eigenvalue weighted by Crippen LogP contribution is -2.47. The van der Waals surface area contributed by atoms with Crippen LogP contribution in [0.4, 0.5) is 26.0 Å². The lowest BCUT2D eigenvalue weighted by molar-refractivity contribution is -0.111. The number of hydrogen-bond donors (Lipinski definition) is 1. The summed E-state index contributed by atoms with van der Waals surface area (Å²) in [4.78, 5) is 20.2. The molecule has 12 heteroatoms. The lowest BCUT2D eigenvalue weighted by Gasteiger charge is -2.37. The molecule has 4 aromatic heterocycles. The fourth-order valence-electron chi connectivity index (χ4n) is 4.19. The van der Waals surface area contributed by atoms with Crippen LogP contribution in [0.1, 0.15) is 12.1 Å². The van der Waals surface area contributed by atoms with Crippen LogP contribution in [0.25, 0.3) is 16.6 Å². The van der Waals surface area contributed by atoms with Crippen LogP contribution in [0.5, 0.6) is 0 Å². The van der Waals surface area contributed by atoms with E-state index in [0.717, 1.165) is 11.5 Å². The fraction of sp³-hybridized carbons (Fsp3) is 0.208. The fourth-order valence-corrected chi connectivity index (χ4v) is 4.19. The average Bonchev–Trinajstić information content (AvgIpc) is 3.56. The van der Waals surface area contributed by atoms with Crippen molar-refractivity contribution in [3.05, 3.63) is 67.4 Å². The maximum Gasteiger partial charge on any atom is 0.333 e. The molecule has 4 aromatic rings. The molecule has 5 heterocycles. The highest BCUT2D eigenvalue weighted by Gasteiger charge is 2.23. The van der Waals surface area contributed by atoms with Gasteiger partial charge in [0, 0.05) is 49.7 Å². The summed E-state index contributed by atoms with van der Waals surface area (Å²) in [5.74, 6) is 0.483. The van der Waals surface area contributed by atoms with Gasteiger partial charge in [-0.15, -0.1) is 0 Å². The minimum Gasteiger partial charge on any atom is -0.366 e.